The summed E-state index contributed by atoms with van der Waals surface area (Å²) in [4.78, 5) is 26.1. The van der Waals surface area contributed by atoms with Crippen LogP contribution in [0.3, 0.4) is 0 Å². The van der Waals surface area contributed by atoms with Crippen molar-refractivity contribution >= 4 is 23.3 Å². The van der Waals surface area contributed by atoms with Gasteiger partial charge in [-0.25, -0.2) is 0 Å². The molecule has 0 saturated heterocycles. The molecule has 1 heterocycles. The molecule has 23 heavy (non-hydrogen) atoms. The van der Waals surface area contributed by atoms with Gasteiger partial charge in [0, 0.05) is 0 Å². The van der Waals surface area contributed by atoms with Crippen LogP contribution in [-0.2, 0) is 14.3 Å². The molecule has 118 valence electrons. The number of ether oxygens (including phenoxy) is 1. The largest absolute Gasteiger partial charge is 0.468 e. The van der Waals surface area contributed by atoms with Gasteiger partial charge in [-0.2, -0.15) is 0 Å². The third kappa shape index (κ3) is 2.90. The molecule has 1 unspecified atom stereocenters. The normalized spacial score (nSPS) is 16.5. The van der Waals surface area contributed by atoms with Crippen LogP contribution in [0.2, 0.25) is 0 Å². The molecule has 0 fully saturated rings. The topological polar surface area (TPSA) is 58.6 Å². The maximum absolute atomic E-state index is 12.9. The first kappa shape index (κ1) is 15.1. The van der Waals surface area contributed by atoms with Gasteiger partial charge in [0.1, 0.15) is 12.6 Å². The number of anilines is 2. The summed E-state index contributed by atoms with van der Waals surface area (Å²) in [5, 5.41) is 3.28. The zero-order valence-electron chi connectivity index (χ0n) is 13.1. The molecule has 2 aromatic carbocycles. The Morgan fingerprint density at radius 2 is 1.96 bits per heavy atom. The Bertz CT molecular complexity index is 743. The van der Waals surface area contributed by atoms with Crippen molar-refractivity contribution in [2.75, 3.05) is 23.9 Å². The molecule has 0 saturated carbocycles. The van der Waals surface area contributed by atoms with Gasteiger partial charge in [-0.05, 0) is 30.2 Å². The van der Waals surface area contributed by atoms with E-state index in [0.717, 1.165) is 16.8 Å². The van der Waals surface area contributed by atoms with Crippen molar-refractivity contribution in [2.45, 2.75) is 13.0 Å². The van der Waals surface area contributed by atoms with Crippen LogP contribution in [0.5, 0.6) is 0 Å². The van der Waals surface area contributed by atoms with Crippen molar-refractivity contribution in [3.63, 3.8) is 0 Å². The van der Waals surface area contributed by atoms with E-state index in [9.17, 15) is 9.59 Å². The Kier molecular flexibility index (Phi) is 4.02. The Labute approximate surface area is 134 Å². The van der Waals surface area contributed by atoms with Crippen LogP contribution in [0.25, 0.3) is 0 Å². The standard InChI is InChI=1S/C18H18N2O3/c1-12-8-9-15-14(10-12)19-17(13-6-4-3-5-7-13)18(22)20(15)11-16(21)23-2/h3-10,17,19H,11H2,1-2H3. The first-order chi connectivity index (χ1) is 11.1. The fourth-order valence-corrected chi connectivity index (χ4v) is 2.72. The zero-order chi connectivity index (χ0) is 16.4. The minimum absolute atomic E-state index is 0.101. The van der Waals surface area contributed by atoms with Gasteiger partial charge >= 0.3 is 5.97 Å². The quantitative estimate of drug-likeness (QED) is 0.886. The summed E-state index contributed by atoms with van der Waals surface area (Å²) in [5.41, 5.74) is 3.47. The molecule has 0 aliphatic carbocycles. The van der Waals surface area contributed by atoms with Crippen molar-refractivity contribution in [1.29, 1.82) is 0 Å². The van der Waals surface area contributed by atoms with Crippen molar-refractivity contribution < 1.29 is 14.3 Å². The Morgan fingerprint density at radius 1 is 1.22 bits per heavy atom. The van der Waals surface area contributed by atoms with E-state index in [2.05, 4.69) is 5.32 Å². The van der Waals surface area contributed by atoms with Crippen LogP contribution < -0.4 is 10.2 Å². The van der Waals surface area contributed by atoms with Gasteiger partial charge < -0.3 is 10.1 Å². The fourth-order valence-electron chi connectivity index (χ4n) is 2.72. The second kappa shape index (κ2) is 6.12. The van der Waals surface area contributed by atoms with Crippen molar-refractivity contribution in [3.8, 4) is 0 Å². The molecule has 3 rings (SSSR count). The molecule has 1 atom stereocenters. The first-order valence-corrected chi connectivity index (χ1v) is 7.40. The predicted molar refractivity (Wildman–Crippen MR) is 88.4 cm³/mol. The molecule has 5 heteroatoms. The highest BCUT2D eigenvalue weighted by Gasteiger charge is 2.34. The summed E-state index contributed by atoms with van der Waals surface area (Å²) in [6.07, 6.45) is 0. The maximum atomic E-state index is 12.9. The van der Waals surface area contributed by atoms with Crippen LogP contribution >= 0.6 is 0 Å². The zero-order valence-corrected chi connectivity index (χ0v) is 13.1. The van der Waals surface area contributed by atoms with Gasteiger partial charge in [0.25, 0.3) is 5.91 Å². The maximum Gasteiger partial charge on any atom is 0.325 e. The number of amides is 1. The lowest BCUT2D eigenvalue weighted by molar-refractivity contribution is -0.140. The molecule has 5 nitrogen and oxygen atoms in total. The van der Waals surface area contributed by atoms with Crippen LogP contribution in [0, 0.1) is 6.92 Å². The average molecular weight is 310 g/mol. The highest BCUT2D eigenvalue weighted by Crippen LogP contribution is 2.37. The Hall–Kier alpha value is -2.82. The number of nitrogens with one attached hydrogen (secondary N) is 1. The molecule has 1 aliphatic rings. The molecule has 0 aromatic heterocycles. The monoisotopic (exact) mass is 310 g/mol. The Balaban J connectivity index is 2.04. The lowest BCUT2D eigenvalue weighted by atomic mass is 10.0. The van der Waals surface area contributed by atoms with Crippen molar-refractivity contribution in [2.24, 2.45) is 0 Å². The van der Waals surface area contributed by atoms with E-state index < -0.39 is 12.0 Å². The van der Waals surface area contributed by atoms with Crippen LogP contribution in [0.1, 0.15) is 17.2 Å². The second-order valence-electron chi connectivity index (χ2n) is 5.51. The van der Waals surface area contributed by atoms with E-state index in [1.165, 1.54) is 12.0 Å². The molecule has 1 aliphatic heterocycles. The fraction of sp³-hybridized carbons (Fsp3) is 0.222. The highest BCUT2D eigenvalue weighted by atomic mass is 16.5. The van der Waals surface area contributed by atoms with Gasteiger partial charge in [-0.3, -0.25) is 14.5 Å². The number of hydrogen-bond acceptors (Lipinski definition) is 4. The lowest BCUT2D eigenvalue weighted by Gasteiger charge is -2.35. The van der Waals surface area contributed by atoms with Gasteiger partial charge in [0.15, 0.2) is 0 Å². The molecular weight excluding hydrogens is 292 g/mol. The first-order valence-electron chi connectivity index (χ1n) is 7.40. The number of nitrogens with zero attached hydrogens (tertiary/aromatic N) is 1. The number of methoxy groups -OCH3 is 1. The summed E-state index contributed by atoms with van der Waals surface area (Å²) in [6, 6.07) is 14.7. The highest BCUT2D eigenvalue weighted by molar-refractivity contribution is 6.07. The van der Waals surface area contributed by atoms with E-state index in [-0.39, 0.29) is 12.5 Å². The summed E-state index contributed by atoms with van der Waals surface area (Å²) in [6.45, 7) is 1.89. The average Bonchev–Trinajstić information content (AvgIpc) is 2.57. The number of carbonyl (C=O) groups is 2. The van der Waals surface area contributed by atoms with E-state index in [1.54, 1.807) is 0 Å². The molecule has 0 spiro atoms. The minimum Gasteiger partial charge on any atom is -0.468 e. The van der Waals surface area contributed by atoms with E-state index in [1.807, 2.05) is 55.5 Å². The number of aryl methyl sites for hydroxylation is 1. The number of rotatable bonds is 3. The van der Waals surface area contributed by atoms with Crippen molar-refractivity contribution in [1.82, 2.24) is 0 Å². The summed E-state index contributed by atoms with van der Waals surface area (Å²) >= 11 is 0. The van der Waals surface area contributed by atoms with E-state index >= 15 is 0 Å². The number of carbonyl (C=O) groups excluding carboxylic acids is 2. The van der Waals surface area contributed by atoms with Gasteiger partial charge in [0.05, 0.1) is 18.5 Å². The van der Waals surface area contributed by atoms with Crippen LogP contribution in [0.4, 0.5) is 11.4 Å². The second-order valence-corrected chi connectivity index (χ2v) is 5.51. The van der Waals surface area contributed by atoms with Crippen LogP contribution in [0.15, 0.2) is 48.5 Å². The van der Waals surface area contributed by atoms with Gasteiger partial charge in [-0.15, -0.1) is 0 Å². The van der Waals surface area contributed by atoms with Crippen molar-refractivity contribution in [3.05, 3.63) is 59.7 Å². The third-order valence-electron chi connectivity index (χ3n) is 3.90. The summed E-state index contributed by atoms with van der Waals surface area (Å²) < 4.78 is 4.73. The molecule has 2 aromatic rings. The number of benzene rings is 2. The van der Waals surface area contributed by atoms with Crippen LogP contribution in [-0.4, -0.2) is 25.5 Å². The predicted octanol–water partition coefficient (Wildman–Crippen LogP) is 2.67. The molecule has 1 N–H and O–H groups in total. The number of fused-ring (bicyclic) bond motifs is 1. The Morgan fingerprint density at radius 3 is 2.65 bits per heavy atom. The third-order valence-corrected chi connectivity index (χ3v) is 3.90. The SMILES string of the molecule is COC(=O)CN1C(=O)C(c2ccccc2)Nc2cc(C)ccc21. The van der Waals surface area contributed by atoms with E-state index in [4.69, 9.17) is 4.74 Å². The number of esters is 1. The minimum atomic E-state index is -0.518. The summed E-state index contributed by atoms with van der Waals surface area (Å²) in [7, 11) is 1.32. The smallest absolute Gasteiger partial charge is 0.325 e. The van der Waals surface area contributed by atoms with E-state index in [0.29, 0.717) is 5.69 Å². The number of hydrogen-bond donors (Lipinski definition) is 1. The van der Waals surface area contributed by atoms with Gasteiger partial charge in [-0.1, -0.05) is 36.4 Å². The molecular formula is C18H18N2O3. The summed E-state index contributed by atoms with van der Waals surface area (Å²) in [5.74, 6) is -0.614. The molecule has 0 bridgehead atoms. The molecule has 0 radical (unpaired) electrons. The van der Waals surface area contributed by atoms with Gasteiger partial charge in [0.2, 0.25) is 0 Å². The molecule has 1 amide bonds. The lowest BCUT2D eigenvalue weighted by Crippen LogP contribution is -2.45.